The summed E-state index contributed by atoms with van der Waals surface area (Å²) in [5.74, 6) is -5.29. The Kier molecular flexibility index (Phi) is 12.2. The lowest BCUT2D eigenvalue weighted by Crippen LogP contribution is -2.54. The van der Waals surface area contributed by atoms with Crippen molar-refractivity contribution >= 4 is 58.0 Å². The van der Waals surface area contributed by atoms with E-state index < -0.39 is 64.0 Å². The van der Waals surface area contributed by atoms with Crippen LogP contribution in [0.15, 0.2) is 72.0 Å². The Hall–Kier alpha value is -7.83. The summed E-state index contributed by atoms with van der Waals surface area (Å²) >= 11 is 0. The van der Waals surface area contributed by atoms with Crippen molar-refractivity contribution in [3.63, 3.8) is 0 Å². The highest BCUT2D eigenvalue weighted by molar-refractivity contribution is 6.25. The summed E-state index contributed by atoms with van der Waals surface area (Å²) in [5, 5.41) is 19.0. The van der Waals surface area contributed by atoms with Gasteiger partial charge in [0.2, 0.25) is 23.6 Å². The molecule has 4 N–H and O–H groups in total. The molecule has 5 aromatic rings. The SMILES string of the molecule is C=CC(=O)N1CCN(c2nc(=O)n(-c3c(C)cc(CNC(=O)CCCNc4cccc5c4C(=O)N(C4CCC(=O)NC4=O)C5=O)cc3C)c3nc(-c4c(O)cccc4F)c(F)cc23)[C@@H](C)C1. The van der Waals surface area contributed by atoms with Crippen LogP contribution in [0.25, 0.3) is 28.0 Å². The van der Waals surface area contributed by atoms with Crippen LogP contribution in [-0.4, -0.2) is 103 Å². The van der Waals surface area contributed by atoms with Crippen LogP contribution in [0.2, 0.25) is 0 Å². The molecule has 17 nitrogen and oxygen atoms in total. The van der Waals surface area contributed by atoms with E-state index in [2.05, 4.69) is 32.5 Å². The number of anilines is 2. The van der Waals surface area contributed by atoms with E-state index in [1.54, 1.807) is 47.9 Å². The molecule has 5 heterocycles. The highest BCUT2D eigenvalue weighted by Gasteiger charge is 2.45. The minimum Gasteiger partial charge on any atom is -0.507 e. The van der Waals surface area contributed by atoms with E-state index >= 15 is 8.78 Å². The van der Waals surface area contributed by atoms with Crippen LogP contribution in [0.3, 0.4) is 0 Å². The third kappa shape index (κ3) is 8.23. The van der Waals surface area contributed by atoms with Gasteiger partial charge in [-0.1, -0.05) is 30.8 Å². The quantitative estimate of drug-likeness (QED) is 0.0789. The highest BCUT2D eigenvalue weighted by Crippen LogP contribution is 2.37. The molecule has 3 aliphatic heterocycles. The number of carbonyl (C=O) groups excluding carboxylic acids is 6. The largest absolute Gasteiger partial charge is 0.507 e. The third-order valence-electron chi connectivity index (χ3n) is 12.0. The Labute approximate surface area is 376 Å². The minimum atomic E-state index is -1.10. The van der Waals surface area contributed by atoms with Crippen molar-refractivity contribution in [1.29, 1.82) is 0 Å². The summed E-state index contributed by atoms with van der Waals surface area (Å²) in [5.41, 5.74) is 1.03. The molecule has 0 aliphatic carbocycles. The molecule has 2 saturated heterocycles. The van der Waals surface area contributed by atoms with Gasteiger partial charge in [0, 0.05) is 57.3 Å². The molecular formula is C47H45F2N9O8. The van der Waals surface area contributed by atoms with Crippen LogP contribution in [0.4, 0.5) is 20.3 Å². The van der Waals surface area contributed by atoms with E-state index in [0.717, 1.165) is 17.0 Å². The zero-order chi connectivity index (χ0) is 47.1. The molecule has 2 fully saturated rings. The number of aromatic hydroxyl groups is 1. The topological polar surface area (TPSA) is 216 Å². The van der Waals surface area contributed by atoms with E-state index in [-0.39, 0.29) is 97.8 Å². The molecule has 340 valence electrons. The standard InChI is InChI=1S/C47H45F2N9O8/c1-5-37(62)55-17-18-56(26(4)23-55)42-29-21-31(49)40(39-30(48)10-7-12-34(39)59)53-43(29)58(47(66)54-42)41-24(2)19-27(20-25(41)3)22-51-35(60)13-8-16-50-32-11-6-9-28-38(32)46(65)57(45(28)64)33-14-15-36(61)52-44(33)63/h5-7,9-12,19-21,26,33,50,59H,1,8,13-18,22-23H2,2-4H3,(H,51,60)(H,52,61,63)/t26-,33?/m0/s1. The first-order chi connectivity index (χ1) is 31.6. The fraction of sp³-hybridized carbons (Fsp3) is 0.298. The lowest BCUT2D eigenvalue weighted by Gasteiger charge is -2.40. The molecule has 3 aliphatic rings. The van der Waals surface area contributed by atoms with Crippen LogP contribution in [-0.2, 0) is 25.7 Å². The van der Waals surface area contributed by atoms with Crippen molar-refractivity contribution in [3.8, 4) is 22.7 Å². The number of imide groups is 2. The van der Waals surface area contributed by atoms with Crippen molar-refractivity contribution in [1.82, 2.24) is 35.0 Å². The molecule has 19 heteroatoms. The van der Waals surface area contributed by atoms with Gasteiger partial charge >= 0.3 is 5.69 Å². The number of hydrogen-bond acceptors (Lipinski definition) is 12. The molecule has 1 unspecified atom stereocenters. The predicted molar refractivity (Wildman–Crippen MR) is 238 cm³/mol. The number of hydrogen-bond donors (Lipinski definition) is 4. The van der Waals surface area contributed by atoms with Crippen LogP contribution in [0.1, 0.15) is 70.0 Å². The number of phenols is 1. The van der Waals surface area contributed by atoms with Gasteiger partial charge < -0.3 is 25.5 Å². The number of benzene rings is 3. The molecular weight excluding hydrogens is 857 g/mol. The summed E-state index contributed by atoms with van der Waals surface area (Å²) in [7, 11) is 0. The van der Waals surface area contributed by atoms with Gasteiger partial charge in [-0.25, -0.2) is 23.1 Å². The number of carbonyl (C=O) groups is 6. The summed E-state index contributed by atoms with van der Waals surface area (Å²) < 4.78 is 32.6. The molecule has 2 aromatic heterocycles. The summed E-state index contributed by atoms with van der Waals surface area (Å²) in [6.45, 7) is 10.1. The smallest absolute Gasteiger partial charge is 0.355 e. The molecule has 0 spiro atoms. The first-order valence-electron chi connectivity index (χ1n) is 21.3. The van der Waals surface area contributed by atoms with Gasteiger partial charge in [-0.15, -0.1) is 0 Å². The van der Waals surface area contributed by atoms with Crippen molar-refractivity contribution in [2.75, 3.05) is 36.4 Å². The molecule has 8 rings (SSSR count). The maximum absolute atomic E-state index is 16.1. The fourth-order valence-electron chi connectivity index (χ4n) is 8.97. The minimum absolute atomic E-state index is 0.00305. The maximum atomic E-state index is 16.1. The molecule has 0 bridgehead atoms. The molecule has 0 radical (unpaired) electrons. The molecule has 2 atom stereocenters. The number of aryl methyl sites for hydroxylation is 2. The lowest BCUT2D eigenvalue weighted by molar-refractivity contribution is -0.136. The van der Waals surface area contributed by atoms with Crippen molar-refractivity contribution in [2.24, 2.45) is 0 Å². The van der Waals surface area contributed by atoms with E-state index in [9.17, 15) is 38.7 Å². The average molecular weight is 902 g/mol. The number of rotatable bonds is 12. The Morgan fingerprint density at radius 3 is 2.39 bits per heavy atom. The number of halogens is 2. The molecule has 6 amide bonds. The van der Waals surface area contributed by atoms with Gasteiger partial charge in [0.1, 0.15) is 29.1 Å². The predicted octanol–water partition coefficient (Wildman–Crippen LogP) is 4.18. The zero-order valence-electron chi connectivity index (χ0n) is 36.2. The average Bonchev–Trinajstić information content (AvgIpc) is 3.53. The number of phenolic OH excluding ortho intramolecular Hbond substituents is 1. The number of nitrogens with one attached hydrogen (secondary N) is 3. The van der Waals surface area contributed by atoms with Gasteiger partial charge in [0.25, 0.3) is 11.8 Å². The third-order valence-corrected chi connectivity index (χ3v) is 12.0. The molecule has 0 saturated carbocycles. The van der Waals surface area contributed by atoms with Gasteiger partial charge in [-0.05, 0) is 86.7 Å². The maximum Gasteiger partial charge on any atom is 0.355 e. The van der Waals surface area contributed by atoms with E-state index in [1.807, 2.05) is 6.92 Å². The summed E-state index contributed by atoms with van der Waals surface area (Å²) in [6, 6.07) is 11.5. The van der Waals surface area contributed by atoms with Gasteiger partial charge in [0.15, 0.2) is 11.5 Å². The Balaban J connectivity index is 0.996. The second-order valence-electron chi connectivity index (χ2n) is 16.5. The number of piperazine rings is 1. The van der Waals surface area contributed by atoms with Crippen LogP contribution >= 0.6 is 0 Å². The van der Waals surface area contributed by atoms with Crippen LogP contribution in [0.5, 0.6) is 5.75 Å². The van der Waals surface area contributed by atoms with Crippen LogP contribution in [0, 0.1) is 25.5 Å². The number of nitrogens with zero attached hydrogens (tertiary/aromatic N) is 6. The van der Waals surface area contributed by atoms with Crippen LogP contribution < -0.4 is 26.5 Å². The van der Waals surface area contributed by atoms with E-state index in [1.165, 1.54) is 28.8 Å². The second-order valence-corrected chi connectivity index (χ2v) is 16.5. The normalized spacial score (nSPS) is 17.3. The van der Waals surface area contributed by atoms with Crippen molar-refractivity contribution in [2.45, 2.75) is 65.1 Å². The monoisotopic (exact) mass is 901 g/mol. The Bertz CT molecular complexity index is 2930. The highest BCUT2D eigenvalue weighted by atomic mass is 19.1. The first-order valence-corrected chi connectivity index (χ1v) is 21.3. The number of piperidine rings is 1. The Morgan fingerprint density at radius 1 is 0.955 bits per heavy atom. The molecule has 66 heavy (non-hydrogen) atoms. The Morgan fingerprint density at radius 2 is 1.70 bits per heavy atom. The van der Waals surface area contributed by atoms with Gasteiger partial charge in [0.05, 0.1) is 27.8 Å². The van der Waals surface area contributed by atoms with E-state index in [0.29, 0.717) is 34.5 Å². The van der Waals surface area contributed by atoms with E-state index in [4.69, 9.17) is 0 Å². The second kappa shape index (κ2) is 18.0. The number of amides is 6. The van der Waals surface area contributed by atoms with Gasteiger partial charge in [-0.2, -0.15) is 4.98 Å². The lowest BCUT2D eigenvalue weighted by atomic mass is 10.0. The zero-order valence-corrected chi connectivity index (χ0v) is 36.2. The first kappa shape index (κ1) is 44.8. The fourth-order valence-corrected chi connectivity index (χ4v) is 8.97. The molecule has 3 aromatic carbocycles. The number of fused-ring (bicyclic) bond motifs is 2. The number of aromatic nitrogens is 3. The summed E-state index contributed by atoms with van der Waals surface area (Å²) in [6.07, 6.45) is 1.71. The van der Waals surface area contributed by atoms with Crippen molar-refractivity contribution in [3.05, 3.63) is 117 Å². The number of pyridine rings is 1. The summed E-state index contributed by atoms with van der Waals surface area (Å²) in [4.78, 5) is 104. The van der Waals surface area contributed by atoms with Gasteiger partial charge in [-0.3, -0.25) is 39.0 Å². The van der Waals surface area contributed by atoms with Crippen molar-refractivity contribution < 1.29 is 42.7 Å².